The van der Waals surface area contributed by atoms with E-state index in [1.165, 1.54) is 4.90 Å². The Morgan fingerprint density at radius 3 is 1.81 bits per heavy atom. The lowest BCUT2D eigenvalue weighted by Crippen LogP contribution is -2.41. The molecule has 7 nitrogen and oxygen atoms in total. The standard InChI is InChI=1S/C24H38BNO6/c1-15-17(19(27)29-21(2,3)4)13-16(25-31-23(8,9)24(10,11)32-25)14-18(15)26(12)20(28)30-22(5,6)7/h13-14H,1-12H3. The third kappa shape index (κ3) is 5.84. The minimum absolute atomic E-state index is 0.345. The third-order valence-corrected chi connectivity index (χ3v) is 5.58. The number of rotatable bonds is 3. The summed E-state index contributed by atoms with van der Waals surface area (Å²) in [6, 6.07) is 3.52. The summed E-state index contributed by atoms with van der Waals surface area (Å²) in [4.78, 5) is 27.2. The van der Waals surface area contributed by atoms with Crippen LogP contribution in [0.2, 0.25) is 0 Å². The van der Waals surface area contributed by atoms with E-state index < -0.39 is 41.6 Å². The SMILES string of the molecule is Cc1c(C(=O)OC(C)(C)C)cc(B2OC(C)(C)C(C)(C)O2)cc1N(C)C(=O)OC(C)(C)C. The van der Waals surface area contributed by atoms with Crippen LogP contribution in [0.1, 0.15) is 85.2 Å². The van der Waals surface area contributed by atoms with E-state index in [0.29, 0.717) is 22.3 Å². The minimum Gasteiger partial charge on any atom is -0.456 e. The normalized spacial score (nSPS) is 17.8. The van der Waals surface area contributed by atoms with Crippen molar-refractivity contribution >= 4 is 30.3 Å². The van der Waals surface area contributed by atoms with Gasteiger partial charge >= 0.3 is 19.2 Å². The van der Waals surface area contributed by atoms with E-state index in [9.17, 15) is 9.59 Å². The highest BCUT2D eigenvalue weighted by Crippen LogP contribution is 2.37. The minimum atomic E-state index is -0.701. The van der Waals surface area contributed by atoms with E-state index in [0.717, 1.165) is 0 Å². The van der Waals surface area contributed by atoms with Gasteiger partial charge in [0.25, 0.3) is 0 Å². The Bertz CT molecular complexity index is 879. The van der Waals surface area contributed by atoms with Crippen molar-refractivity contribution in [2.45, 2.75) is 98.6 Å². The van der Waals surface area contributed by atoms with E-state index in [4.69, 9.17) is 18.8 Å². The predicted octanol–water partition coefficient (Wildman–Crippen LogP) is 4.62. The first-order chi connectivity index (χ1) is 14.2. The van der Waals surface area contributed by atoms with Crippen LogP contribution in [0.3, 0.4) is 0 Å². The van der Waals surface area contributed by atoms with Crippen LogP contribution in [-0.2, 0) is 18.8 Å². The lowest BCUT2D eigenvalue weighted by atomic mass is 9.77. The van der Waals surface area contributed by atoms with Gasteiger partial charge in [0.1, 0.15) is 11.2 Å². The Labute approximate surface area is 192 Å². The van der Waals surface area contributed by atoms with Crippen molar-refractivity contribution < 1.29 is 28.4 Å². The monoisotopic (exact) mass is 447 g/mol. The topological polar surface area (TPSA) is 74.3 Å². The number of amides is 1. The number of nitrogens with zero attached hydrogens (tertiary/aromatic N) is 1. The number of hydrogen-bond acceptors (Lipinski definition) is 6. The maximum atomic E-state index is 13.0. The smallest absolute Gasteiger partial charge is 0.456 e. The number of hydrogen-bond donors (Lipinski definition) is 0. The third-order valence-electron chi connectivity index (χ3n) is 5.58. The second-order valence-corrected chi connectivity index (χ2v) is 11.3. The first-order valence-corrected chi connectivity index (χ1v) is 10.9. The maximum absolute atomic E-state index is 13.0. The van der Waals surface area contributed by atoms with Gasteiger partial charge in [0.2, 0.25) is 0 Å². The molecule has 0 saturated carbocycles. The van der Waals surface area contributed by atoms with Crippen molar-refractivity contribution in [3.8, 4) is 0 Å². The lowest BCUT2D eigenvalue weighted by molar-refractivity contribution is 0.00578. The van der Waals surface area contributed by atoms with Gasteiger partial charge in [-0.05, 0) is 99.3 Å². The molecule has 1 aromatic carbocycles. The van der Waals surface area contributed by atoms with E-state index in [-0.39, 0.29) is 0 Å². The van der Waals surface area contributed by atoms with Crippen molar-refractivity contribution in [1.82, 2.24) is 0 Å². The van der Waals surface area contributed by atoms with Crippen LogP contribution < -0.4 is 10.4 Å². The van der Waals surface area contributed by atoms with Crippen molar-refractivity contribution in [2.24, 2.45) is 0 Å². The van der Waals surface area contributed by atoms with Gasteiger partial charge in [-0.25, -0.2) is 9.59 Å². The molecule has 32 heavy (non-hydrogen) atoms. The first kappa shape index (κ1) is 26.2. The highest BCUT2D eigenvalue weighted by atomic mass is 16.7. The number of carbonyl (C=O) groups is 2. The number of esters is 1. The molecule has 0 atom stereocenters. The molecule has 0 aromatic heterocycles. The Morgan fingerprint density at radius 1 is 0.906 bits per heavy atom. The molecule has 0 aliphatic carbocycles. The van der Waals surface area contributed by atoms with Crippen LogP contribution in [0.25, 0.3) is 0 Å². The molecule has 0 unspecified atom stereocenters. The highest BCUT2D eigenvalue weighted by molar-refractivity contribution is 6.62. The molecule has 0 bridgehead atoms. The summed E-state index contributed by atoms with van der Waals surface area (Å²) in [5, 5.41) is 0. The Morgan fingerprint density at radius 2 is 1.38 bits per heavy atom. The molecule has 0 spiro atoms. The summed E-state index contributed by atoms with van der Waals surface area (Å²) in [5.41, 5.74) is -0.326. The molecule has 1 fully saturated rings. The Balaban J connectivity index is 2.58. The molecular formula is C24H38BNO6. The van der Waals surface area contributed by atoms with Crippen LogP contribution >= 0.6 is 0 Å². The number of benzene rings is 1. The van der Waals surface area contributed by atoms with Gasteiger partial charge < -0.3 is 18.8 Å². The predicted molar refractivity (Wildman–Crippen MR) is 127 cm³/mol. The van der Waals surface area contributed by atoms with E-state index in [1.54, 1.807) is 46.9 Å². The molecule has 1 aliphatic rings. The van der Waals surface area contributed by atoms with Gasteiger partial charge in [0.15, 0.2) is 0 Å². The second kappa shape index (κ2) is 8.38. The van der Waals surface area contributed by atoms with Gasteiger partial charge in [-0.2, -0.15) is 0 Å². The molecular weight excluding hydrogens is 409 g/mol. The van der Waals surface area contributed by atoms with Crippen molar-refractivity contribution in [2.75, 3.05) is 11.9 Å². The molecule has 2 rings (SSSR count). The summed E-state index contributed by atoms with van der Waals surface area (Å²) in [6.45, 7) is 20.5. The molecule has 1 aromatic rings. The van der Waals surface area contributed by atoms with E-state index in [1.807, 2.05) is 48.5 Å². The molecule has 1 amide bonds. The quantitative estimate of drug-likeness (QED) is 0.497. The summed E-state index contributed by atoms with van der Waals surface area (Å²) in [6.07, 6.45) is -0.526. The van der Waals surface area contributed by atoms with Crippen LogP contribution in [0, 0.1) is 6.92 Å². The fourth-order valence-electron chi connectivity index (χ4n) is 3.16. The summed E-state index contributed by atoms with van der Waals surface area (Å²) >= 11 is 0. The molecule has 1 heterocycles. The summed E-state index contributed by atoms with van der Waals surface area (Å²) < 4.78 is 23.5. The van der Waals surface area contributed by atoms with Crippen LogP contribution in [-0.4, -0.2) is 48.6 Å². The molecule has 0 N–H and O–H groups in total. The fraction of sp³-hybridized carbons (Fsp3) is 0.667. The average Bonchev–Trinajstić information content (AvgIpc) is 2.79. The van der Waals surface area contributed by atoms with Crippen molar-refractivity contribution in [3.05, 3.63) is 23.3 Å². The van der Waals surface area contributed by atoms with Gasteiger partial charge in [-0.3, -0.25) is 4.90 Å². The molecule has 8 heteroatoms. The fourth-order valence-corrected chi connectivity index (χ4v) is 3.16. The van der Waals surface area contributed by atoms with Crippen LogP contribution in [0.4, 0.5) is 10.5 Å². The van der Waals surface area contributed by atoms with Crippen molar-refractivity contribution in [3.63, 3.8) is 0 Å². The molecule has 178 valence electrons. The molecule has 1 saturated heterocycles. The van der Waals surface area contributed by atoms with Crippen LogP contribution in [0.15, 0.2) is 12.1 Å². The first-order valence-electron chi connectivity index (χ1n) is 10.9. The number of anilines is 1. The Kier molecular flexibility index (Phi) is 6.86. The zero-order valence-corrected chi connectivity index (χ0v) is 21.6. The second-order valence-electron chi connectivity index (χ2n) is 11.3. The summed E-state index contributed by atoms with van der Waals surface area (Å²) in [7, 11) is 0.913. The lowest BCUT2D eigenvalue weighted by Gasteiger charge is -2.32. The number of carbonyl (C=O) groups excluding carboxylic acids is 2. The Hall–Kier alpha value is -2.06. The maximum Gasteiger partial charge on any atom is 0.494 e. The zero-order valence-electron chi connectivity index (χ0n) is 21.6. The largest absolute Gasteiger partial charge is 0.494 e. The average molecular weight is 447 g/mol. The van der Waals surface area contributed by atoms with Gasteiger partial charge in [0.05, 0.1) is 22.5 Å². The zero-order chi connectivity index (χ0) is 24.9. The van der Waals surface area contributed by atoms with Gasteiger partial charge in [-0.15, -0.1) is 0 Å². The molecule has 1 aliphatic heterocycles. The molecule has 0 radical (unpaired) electrons. The van der Waals surface area contributed by atoms with Gasteiger partial charge in [0, 0.05) is 7.05 Å². The number of ether oxygens (including phenoxy) is 2. The van der Waals surface area contributed by atoms with E-state index >= 15 is 0 Å². The van der Waals surface area contributed by atoms with Gasteiger partial charge in [-0.1, -0.05) is 0 Å². The van der Waals surface area contributed by atoms with Crippen molar-refractivity contribution in [1.29, 1.82) is 0 Å². The summed E-state index contributed by atoms with van der Waals surface area (Å²) in [5.74, 6) is -0.479. The van der Waals surface area contributed by atoms with E-state index in [2.05, 4.69) is 0 Å². The highest BCUT2D eigenvalue weighted by Gasteiger charge is 2.52. The van der Waals surface area contributed by atoms with Crippen LogP contribution in [0.5, 0.6) is 0 Å².